The monoisotopic (exact) mass is 389 g/mol. The van der Waals surface area contributed by atoms with Crippen LogP contribution in [-0.4, -0.2) is 42.0 Å². The molecule has 0 saturated carbocycles. The van der Waals surface area contributed by atoms with Crippen molar-refractivity contribution in [1.82, 2.24) is 9.88 Å². The predicted octanol–water partition coefficient (Wildman–Crippen LogP) is 4.56. The number of anilines is 1. The average molecular weight is 389 g/mol. The zero-order chi connectivity index (χ0) is 19.4. The van der Waals surface area contributed by atoms with Crippen molar-refractivity contribution in [1.29, 1.82) is 0 Å². The number of aromatic nitrogens is 1. The third-order valence-electron chi connectivity index (χ3n) is 4.47. The van der Waals surface area contributed by atoms with Crippen LogP contribution in [0.4, 0.5) is 13.9 Å². The molecule has 0 aliphatic carbocycles. The second-order valence-corrected chi connectivity index (χ2v) is 7.06. The smallest absolute Gasteiger partial charge is 0.263 e. The van der Waals surface area contributed by atoms with Gasteiger partial charge in [-0.1, -0.05) is 43.4 Å². The molecule has 0 spiro atoms. The van der Waals surface area contributed by atoms with Gasteiger partial charge in [-0.25, -0.2) is 13.8 Å². The summed E-state index contributed by atoms with van der Waals surface area (Å²) in [7, 11) is 0. The molecular weight excluding hydrogens is 368 g/mol. The standard InChI is InChI=1S/C20H21F2N3OS/c1-3-24(4-2)12-13-25(19(26)14-8-5-6-9-15(14)21)20-23-18-16(22)10-7-11-17(18)27-20/h5-11H,3-4,12-13H2,1-2H3. The van der Waals surface area contributed by atoms with Crippen molar-refractivity contribution in [2.75, 3.05) is 31.1 Å². The third-order valence-corrected chi connectivity index (χ3v) is 5.52. The van der Waals surface area contributed by atoms with Crippen molar-refractivity contribution in [3.8, 4) is 0 Å². The molecule has 0 saturated heterocycles. The van der Waals surface area contributed by atoms with E-state index in [1.807, 2.05) is 13.8 Å². The van der Waals surface area contributed by atoms with Gasteiger partial charge < -0.3 is 4.90 Å². The molecule has 4 nitrogen and oxygen atoms in total. The highest BCUT2D eigenvalue weighted by Crippen LogP contribution is 2.31. The third kappa shape index (κ3) is 4.14. The van der Waals surface area contributed by atoms with Gasteiger partial charge in [0.1, 0.15) is 17.2 Å². The number of likely N-dealkylation sites (N-methyl/N-ethyl adjacent to an activating group) is 1. The first-order valence-corrected chi connectivity index (χ1v) is 9.70. The van der Waals surface area contributed by atoms with Gasteiger partial charge in [-0.3, -0.25) is 9.69 Å². The molecule has 1 amide bonds. The maximum atomic E-state index is 14.2. The minimum Gasteiger partial charge on any atom is -0.302 e. The van der Waals surface area contributed by atoms with E-state index in [-0.39, 0.29) is 11.1 Å². The number of amides is 1. The second kappa shape index (κ2) is 8.54. The molecule has 0 unspecified atom stereocenters. The zero-order valence-electron chi connectivity index (χ0n) is 15.3. The van der Waals surface area contributed by atoms with Crippen molar-refractivity contribution in [2.45, 2.75) is 13.8 Å². The summed E-state index contributed by atoms with van der Waals surface area (Å²) in [6.45, 7) is 6.72. The molecule has 2 aromatic carbocycles. The zero-order valence-corrected chi connectivity index (χ0v) is 16.1. The Kier molecular flexibility index (Phi) is 6.13. The van der Waals surface area contributed by atoms with Crippen LogP contribution in [0.25, 0.3) is 10.2 Å². The first kappa shape index (κ1) is 19.4. The molecule has 1 aromatic heterocycles. The number of nitrogens with zero attached hydrogens (tertiary/aromatic N) is 3. The number of halogens is 2. The van der Waals surface area contributed by atoms with Crippen molar-refractivity contribution in [2.24, 2.45) is 0 Å². The maximum Gasteiger partial charge on any atom is 0.263 e. The molecule has 3 rings (SSSR count). The van der Waals surface area contributed by atoms with Crippen LogP contribution in [0, 0.1) is 11.6 Å². The number of carbonyl (C=O) groups is 1. The second-order valence-electron chi connectivity index (χ2n) is 6.05. The fourth-order valence-corrected chi connectivity index (χ4v) is 3.87. The molecule has 27 heavy (non-hydrogen) atoms. The Morgan fingerprint density at radius 1 is 1.00 bits per heavy atom. The minimum absolute atomic E-state index is 0.0169. The van der Waals surface area contributed by atoms with E-state index < -0.39 is 17.5 Å². The lowest BCUT2D eigenvalue weighted by atomic mass is 10.2. The Balaban J connectivity index is 1.99. The summed E-state index contributed by atoms with van der Waals surface area (Å²) < 4.78 is 28.9. The van der Waals surface area contributed by atoms with Crippen LogP contribution >= 0.6 is 11.3 Å². The van der Waals surface area contributed by atoms with Gasteiger partial charge >= 0.3 is 0 Å². The van der Waals surface area contributed by atoms with Crippen LogP contribution in [0.1, 0.15) is 24.2 Å². The molecule has 0 atom stereocenters. The van der Waals surface area contributed by atoms with Crippen LogP contribution in [0.15, 0.2) is 42.5 Å². The number of hydrogen-bond donors (Lipinski definition) is 0. The highest BCUT2D eigenvalue weighted by Gasteiger charge is 2.24. The van der Waals surface area contributed by atoms with Gasteiger partial charge in [0.2, 0.25) is 0 Å². The lowest BCUT2D eigenvalue weighted by Crippen LogP contribution is -2.39. The molecule has 0 aliphatic rings. The van der Waals surface area contributed by atoms with Crippen LogP contribution in [-0.2, 0) is 0 Å². The minimum atomic E-state index is -0.581. The Hall–Kier alpha value is -2.38. The Bertz CT molecular complexity index is 940. The van der Waals surface area contributed by atoms with Crippen molar-refractivity contribution < 1.29 is 13.6 Å². The SMILES string of the molecule is CCN(CC)CCN(C(=O)c1ccccc1F)c1nc2c(F)cccc2s1. The lowest BCUT2D eigenvalue weighted by molar-refractivity contribution is 0.0980. The van der Waals surface area contributed by atoms with E-state index in [1.165, 1.54) is 34.4 Å². The number of benzene rings is 2. The van der Waals surface area contributed by atoms with Crippen LogP contribution in [0.3, 0.4) is 0 Å². The van der Waals surface area contributed by atoms with Crippen molar-refractivity contribution in [3.05, 3.63) is 59.7 Å². The molecule has 0 aliphatic heterocycles. The van der Waals surface area contributed by atoms with Gasteiger partial charge in [0.05, 0.1) is 10.3 Å². The summed E-state index contributed by atoms with van der Waals surface area (Å²) >= 11 is 1.23. The fourth-order valence-electron chi connectivity index (χ4n) is 2.86. The van der Waals surface area contributed by atoms with Gasteiger partial charge in [-0.2, -0.15) is 0 Å². The summed E-state index contributed by atoms with van der Waals surface area (Å²) in [6, 6.07) is 10.6. The van der Waals surface area contributed by atoms with Gasteiger partial charge in [0.25, 0.3) is 5.91 Å². The number of rotatable bonds is 7. The van der Waals surface area contributed by atoms with E-state index in [0.717, 1.165) is 13.1 Å². The Morgan fingerprint density at radius 3 is 2.37 bits per heavy atom. The number of fused-ring (bicyclic) bond motifs is 1. The molecule has 3 aromatic rings. The van der Waals surface area contributed by atoms with Gasteiger partial charge in [0.15, 0.2) is 5.13 Å². The average Bonchev–Trinajstić information content (AvgIpc) is 3.10. The molecular formula is C20H21F2N3OS. The van der Waals surface area contributed by atoms with Crippen LogP contribution in [0.5, 0.6) is 0 Å². The molecule has 0 fully saturated rings. The molecule has 0 radical (unpaired) electrons. The summed E-state index contributed by atoms with van der Waals surface area (Å²) in [5.41, 5.74) is 0.212. The quantitative estimate of drug-likeness (QED) is 0.594. The molecule has 0 N–H and O–H groups in total. The first-order chi connectivity index (χ1) is 13.0. The molecule has 1 heterocycles. The predicted molar refractivity (Wildman–Crippen MR) is 105 cm³/mol. The van der Waals surface area contributed by atoms with E-state index in [1.54, 1.807) is 24.3 Å². The summed E-state index contributed by atoms with van der Waals surface area (Å²) in [4.78, 5) is 21.0. The molecule has 142 valence electrons. The van der Waals surface area contributed by atoms with Gasteiger partial charge in [-0.05, 0) is 37.4 Å². The largest absolute Gasteiger partial charge is 0.302 e. The van der Waals surface area contributed by atoms with Crippen molar-refractivity contribution >= 4 is 32.6 Å². The number of carbonyl (C=O) groups excluding carboxylic acids is 1. The molecule has 0 bridgehead atoms. The highest BCUT2D eigenvalue weighted by molar-refractivity contribution is 7.22. The topological polar surface area (TPSA) is 36.4 Å². The summed E-state index contributed by atoms with van der Waals surface area (Å²) in [5, 5.41) is 0.371. The number of thiazole rings is 1. The number of para-hydroxylation sites is 1. The maximum absolute atomic E-state index is 14.2. The van der Waals surface area contributed by atoms with Crippen LogP contribution in [0.2, 0.25) is 0 Å². The Morgan fingerprint density at radius 2 is 1.70 bits per heavy atom. The summed E-state index contributed by atoms with van der Waals surface area (Å²) in [6.07, 6.45) is 0. The Labute approximate surface area is 161 Å². The fraction of sp³-hybridized carbons (Fsp3) is 0.300. The van der Waals surface area contributed by atoms with E-state index in [4.69, 9.17) is 0 Å². The van der Waals surface area contributed by atoms with E-state index in [0.29, 0.717) is 22.9 Å². The van der Waals surface area contributed by atoms with Crippen molar-refractivity contribution in [3.63, 3.8) is 0 Å². The highest BCUT2D eigenvalue weighted by atomic mass is 32.1. The lowest BCUT2D eigenvalue weighted by Gasteiger charge is -2.24. The molecule has 7 heteroatoms. The number of hydrogen-bond acceptors (Lipinski definition) is 4. The van der Waals surface area contributed by atoms with E-state index >= 15 is 0 Å². The van der Waals surface area contributed by atoms with Gasteiger partial charge in [0, 0.05) is 13.1 Å². The normalized spacial score (nSPS) is 11.3. The van der Waals surface area contributed by atoms with E-state index in [9.17, 15) is 13.6 Å². The summed E-state index contributed by atoms with van der Waals surface area (Å²) in [5.74, 6) is -1.49. The first-order valence-electron chi connectivity index (χ1n) is 8.89. The van der Waals surface area contributed by atoms with E-state index in [2.05, 4.69) is 9.88 Å². The van der Waals surface area contributed by atoms with Crippen LogP contribution < -0.4 is 4.90 Å². The van der Waals surface area contributed by atoms with Gasteiger partial charge in [-0.15, -0.1) is 0 Å².